The minimum Gasteiger partial charge on any atom is -0.497 e. The molecule has 3 rings (SSSR count). The summed E-state index contributed by atoms with van der Waals surface area (Å²) in [6, 6.07) is 17.9. The van der Waals surface area contributed by atoms with Crippen molar-refractivity contribution in [3.8, 4) is 5.75 Å². The van der Waals surface area contributed by atoms with Gasteiger partial charge in [0.1, 0.15) is 5.75 Å². The van der Waals surface area contributed by atoms with Gasteiger partial charge in [0, 0.05) is 37.0 Å². The number of nitrogens with one attached hydrogen (secondary N) is 1. The quantitative estimate of drug-likeness (QED) is 0.519. The SMILES string of the molecule is COc1ccc(CN2C(=O)/C(=C(\CCNC(=O)CC(C)(C)C)c3ccccc3)CC2(C)C)cc1. The Morgan fingerprint density at radius 1 is 1.06 bits per heavy atom. The van der Waals surface area contributed by atoms with E-state index >= 15 is 0 Å². The first-order valence-corrected chi connectivity index (χ1v) is 12.0. The number of hydrogen-bond donors (Lipinski definition) is 1. The summed E-state index contributed by atoms with van der Waals surface area (Å²) < 4.78 is 5.26. The number of rotatable bonds is 8. The third-order valence-corrected chi connectivity index (χ3v) is 6.22. The number of amides is 2. The molecule has 34 heavy (non-hydrogen) atoms. The average molecular weight is 463 g/mol. The highest BCUT2D eigenvalue weighted by molar-refractivity contribution is 6.04. The molecule has 2 amide bonds. The van der Waals surface area contributed by atoms with Crippen molar-refractivity contribution in [2.75, 3.05) is 13.7 Å². The molecule has 1 fully saturated rings. The molecular weight excluding hydrogens is 424 g/mol. The van der Waals surface area contributed by atoms with E-state index in [0.29, 0.717) is 32.4 Å². The van der Waals surface area contributed by atoms with Crippen LogP contribution in [0.3, 0.4) is 0 Å². The summed E-state index contributed by atoms with van der Waals surface area (Å²) in [5.74, 6) is 0.918. The largest absolute Gasteiger partial charge is 0.497 e. The smallest absolute Gasteiger partial charge is 0.250 e. The molecule has 2 aromatic carbocycles. The van der Waals surface area contributed by atoms with Crippen molar-refractivity contribution < 1.29 is 14.3 Å². The molecule has 0 saturated carbocycles. The number of methoxy groups -OCH3 is 1. The fourth-order valence-electron chi connectivity index (χ4n) is 4.46. The zero-order valence-corrected chi connectivity index (χ0v) is 21.4. The highest BCUT2D eigenvalue weighted by Crippen LogP contribution is 2.39. The van der Waals surface area contributed by atoms with Crippen LogP contribution in [0.2, 0.25) is 0 Å². The van der Waals surface area contributed by atoms with Crippen LogP contribution in [0.1, 0.15) is 65.0 Å². The summed E-state index contributed by atoms with van der Waals surface area (Å²) in [4.78, 5) is 28.0. The summed E-state index contributed by atoms with van der Waals surface area (Å²) in [6.45, 7) is 11.5. The normalized spacial score (nSPS) is 17.0. The van der Waals surface area contributed by atoms with Gasteiger partial charge in [-0.1, -0.05) is 63.2 Å². The first-order valence-electron chi connectivity index (χ1n) is 12.0. The lowest BCUT2D eigenvalue weighted by atomic mass is 9.91. The van der Waals surface area contributed by atoms with Crippen LogP contribution < -0.4 is 10.1 Å². The van der Waals surface area contributed by atoms with Crippen LogP contribution in [-0.4, -0.2) is 35.9 Å². The first kappa shape index (κ1) is 25.5. The molecule has 5 heteroatoms. The summed E-state index contributed by atoms with van der Waals surface area (Å²) in [7, 11) is 1.65. The van der Waals surface area contributed by atoms with Gasteiger partial charge in [-0.2, -0.15) is 0 Å². The molecule has 2 aromatic rings. The molecular formula is C29H38N2O3. The van der Waals surface area contributed by atoms with Gasteiger partial charge < -0.3 is 15.0 Å². The standard InChI is InChI=1S/C29H38N2O3/c1-28(2,3)19-26(32)30-17-16-24(22-10-8-7-9-11-22)25-18-29(4,5)31(27(25)33)20-21-12-14-23(34-6)15-13-21/h7-15H,16-20H2,1-6H3,(H,30,32)/b25-24+. The second-order valence-corrected chi connectivity index (χ2v) is 10.9. The molecule has 1 heterocycles. The Bertz CT molecular complexity index is 1030. The number of carbonyl (C=O) groups excluding carboxylic acids is 2. The van der Waals surface area contributed by atoms with Gasteiger partial charge >= 0.3 is 0 Å². The molecule has 0 aliphatic carbocycles. The summed E-state index contributed by atoms with van der Waals surface area (Å²) in [6.07, 6.45) is 1.77. The van der Waals surface area contributed by atoms with Crippen LogP contribution >= 0.6 is 0 Å². The van der Waals surface area contributed by atoms with E-state index in [2.05, 4.69) is 39.9 Å². The topological polar surface area (TPSA) is 58.6 Å². The maximum Gasteiger partial charge on any atom is 0.250 e. The zero-order valence-electron chi connectivity index (χ0n) is 21.4. The number of carbonyl (C=O) groups is 2. The van der Waals surface area contributed by atoms with Crippen molar-refractivity contribution in [1.82, 2.24) is 10.2 Å². The maximum atomic E-state index is 13.7. The van der Waals surface area contributed by atoms with E-state index in [1.54, 1.807) is 7.11 Å². The minimum atomic E-state index is -0.304. The van der Waals surface area contributed by atoms with Crippen molar-refractivity contribution in [3.63, 3.8) is 0 Å². The van der Waals surface area contributed by atoms with E-state index in [0.717, 1.165) is 28.0 Å². The minimum absolute atomic E-state index is 0.0455. The molecule has 0 radical (unpaired) electrons. The lowest BCUT2D eigenvalue weighted by Gasteiger charge is -2.31. The van der Waals surface area contributed by atoms with Crippen LogP contribution in [0.15, 0.2) is 60.2 Å². The predicted octanol–water partition coefficient (Wildman–Crippen LogP) is 5.60. The molecule has 5 nitrogen and oxygen atoms in total. The Labute approximate surface area is 204 Å². The fourth-order valence-corrected chi connectivity index (χ4v) is 4.46. The Morgan fingerprint density at radius 3 is 2.29 bits per heavy atom. The van der Waals surface area contributed by atoms with Crippen molar-refractivity contribution in [2.45, 2.75) is 66.0 Å². The first-order chi connectivity index (χ1) is 16.0. The highest BCUT2D eigenvalue weighted by Gasteiger charge is 2.42. The lowest BCUT2D eigenvalue weighted by Crippen LogP contribution is -2.40. The monoisotopic (exact) mass is 462 g/mol. The second kappa shape index (κ2) is 10.5. The molecule has 182 valence electrons. The molecule has 1 N–H and O–H groups in total. The second-order valence-electron chi connectivity index (χ2n) is 10.9. The Morgan fingerprint density at radius 2 is 1.71 bits per heavy atom. The highest BCUT2D eigenvalue weighted by atomic mass is 16.5. The number of hydrogen-bond acceptors (Lipinski definition) is 3. The Hall–Kier alpha value is -3.08. The van der Waals surface area contributed by atoms with E-state index < -0.39 is 0 Å². The van der Waals surface area contributed by atoms with Crippen molar-refractivity contribution in [3.05, 3.63) is 71.3 Å². The van der Waals surface area contributed by atoms with E-state index in [1.807, 2.05) is 59.5 Å². The number of ether oxygens (including phenoxy) is 1. The Kier molecular flexibility index (Phi) is 7.86. The molecule has 0 bridgehead atoms. The van der Waals surface area contributed by atoms with Crippen LogP contribution in [0.5, 0.6) is 5.75 Å². The molecule has 0 atom stereocenters. The van der Waals surface area contributed by atoms with Gasteiger partial charge in [0.2, 0.25) is 5.91 Å². The third kappa shape index (κ3) is 6.49. The fraction of sp³-hybridized carbons (Fsp3) is 0.448. The summed E-state index contributed by atoms with van der Waals surface area (Å²) in [5, 5.41) is 3.05. The van der Waals surface area contributed by atoms with Gasteiger partial charge in [0.25, 0.3) is 5.91 Å². The van der Waals surface area contributed by atoms with Gasteiger partial charge in [-0.3, -0.25) is 9.59 Å². The number of likely N-dealkylation sites (tertiary alicyclic amines) is 1. The van der Waals surface area contributed by atoms with Crippen LogP contribution in [0, 0.1) is 5.41 Å². The molecule has 1 aliphatic rings. The van der Waals surface area contributed by atoms with E-state index in [9.17, 15) is 9.59 Å². The Balaban J connectivity index is 1.85. The summed E-state index contributed by atoms with van der Waals surface area (Å²) in [5.41, 5.74) is 3.61. The lowest BCUT2D eigenvalue weighted by molar-refractivity contribution is -0.128. The van der Waals surface area contributed by atoms with E-state index in [1.165, 1.54) is 0 Å². The van der Waals surface area contributed by atoms with Gasteiger partial charge in [-0.25, -0.2) is 0 Å². The third-order valence-electron chi connectivity index (χ3n) is 6.22. The summed E-state index contributed by atoms with van der Waals surface area (Å²) >= 11 is 0. The van der Waals surface area contributed by atoms with Crippen molar-refractivity contribution in [2.24, 2.45) is 5.41 Å². The molecule has 0 unspecified atom stereocenters. The maximum absolute atomic E-state index is 13.7. The number of benzene rings is 2. The molecule has 1 aliphatic heterocycles. The van der Waals surface area contributed by atoms with Crippen molar-refractivity contribution in [1.29, 1.82) is 0 Å². The van der Waals surface area contributed by atoms with Gasteiger partial charge in [0.15, 0.2) is 0 Å². The van der Waals surface area contributed by atoms with E-state index in [4.69, 9.17) is 4.74 Å². The molecule has 0 spiro atoms. The van der Waals surface area contributed by atoms with Crippen molar-refractivity contribution >= 4 is 17.4 Å². The van der Waals surface area contributed by atoms with E-state index in [-0.39, 0.29) is 22.8 Å². The van der Waals surface area contributed by atoms with Crippen LogP contribution in [-0.2, 0) is 16.1 Å². The van der Waals surface area contributed by atoms with Crippen LogP contribution in [0.25, 0.3) is 5.57 Å². The molecule has 0 aromatic heterocycles. The zero-order chi connectivity index (χ0) is 24.9. The predicted molar refractivity (Wildman–Crippen MR) is 137 cm³/mol. The van der Waals surface area contributed by atoms with Crippen LogP contribution in [0.4, 0.5) is 0 Å². The average Bonchev–Trinajstić information content (AvgIpc) is 3.00. The van der Waals surface area contributed by atoms with Gasteiger partial charge in [-0.15, -0.1) is 0 Å². The van der Waals surface area contributed by atoms with Gasteiger partial charge in [0.05, 0.1) is 7.11 Å². The number of nitrogens with zero attached hydrogens (tertiary/aromatic N) is 1. The van der Waals surface area contributed by atoms with Gasteiger partial charge in [-0.05, 0) is 54.5 Å². The molecule has 1 saturated heterocycles.